The highest BCUT2D eigenvalue weighted by molar-refractivity contribution is 9.10. The number of hydrogen-bond acceptors (Lipinski definition) is 5. The van der Waals surface area contributed by atoms with Crippen molar-refractivity contribution >= 4 is 56.2 Å². The van der Waals surface area contributed by atoms with Crippen LogP contribution in [0.25, 0.3) is 10.9 Å². The molecule has 0 fully saturated rings. The van der Waals surface area contributed by atoms with Gasteiger partial charge in [-0.2, -0.15) is 9.78 Å². The number of aryl methyl sites for hydroxylation is 1. The fourth-order valence-electron chi connectivity index (χ4n) is 3.51. The number of unbranched alkanes of at least 4 members (excludes halogenated alkanes) is 1. The lowest BCUT2D eigenvalue weighted by Crippen LogP contribution is -2.22. The van der Waals surface area contributed by atoms with Gasteiger partial charge < -0.3 is 10.1 Å². The number of para-hydroxylation sites is 1. The van der Waals surface area contributed by atoms with Gasteiger partial charge in [0.05, 0.1) is 22.1 Å². The second kappa shape index (κ2) is 12.0. The zero-order chi connectivity index (χ0) is 25.5. The lowest BCUT2D eigenvalue weighted by molar-refractivity contribution is -0.118. The number of benzene rings is 3. The quantitative estimate of drug-likeness (QED) is 0.249. The van der Waals surface area contributed by atoms with E-state index in [9.17, 15) is 9.59 Å². The molecular formula is C27H24BrClN4O3. The minimum atomic E-state index is -0.294. The Morgan fingerprint density at radius 1 is 1.17 bits per heavy atom. The Kier molecular flexibility index (Phi) is 8.51. The molecule has 1 heterocycles. The number of nitrogens with one attached hydrogen (secondary N) is 1. The van der Waals surface area contributed by atoms with Gasteiger partial charge >= 0.3 is 0 Å². The van der Waals surface area contributed by atoms with Crippen LogP contribution >= 0.6 is 27.5 Å². The molecule has 0 aliphatic carbocycles. The fraction of sp³-hybridized carbons (Fsp3) is 0.185. The number of hydrogen-bond donors (Lipinski definition) is 1. The number of anilines is 1. The minimum absolute atomic E-state index is 0.184. The Hall–Kier alpha value is -3.49. The van der Waals surface area contributed by atoms with Gasteiger partial charge in [-0.1, -0.05) is 59.1 Å². The van der Waals surface area contributed by atoms with Crippen molar-refractivity contribution in [3.63, 3.8) is 0 Å². The molecule has 4 rings (SSSR count). The topological polar surface area (TPSA) is 85.6 Å². The summed E-state index contributed by atoms with van der Waals surface area (Å²) >= 11 is 9.79. The smallest absolute Gasteiger partial charge is 0.282 e. The van der Waals surface area contributed by atoms with E-state index in [0.717, 1.165) is 17.3 Å². The standard InChI is InChI=1S/C27H24BrClN4O3/c1-2-3-9-25-32-23-12-11-19(28)15-21(23)27(35)33(25)30-16-18-10-13-24(22(29)14-18)36-17-26(34)31-20-7-5-4-6-8-20/h4-8,10-16H,2-3,9,17H2,1H3,(H,31,34). The van der Waals surface area contributed by atoms with Crippen molar-refractivity contribution in [1.82, 2.24) is 9.66 Å². The second-order valence-corrected chi connectivity index (χ2v) is 9.37. The zero-order valence-electron chi connectivity index (χ0n) is 19.6. The van der Waals surface area contributed by atoms with Gasteiger partial charge in [0.1, 0.15) is 11.6 Å². The molecule has 0 aliphatic rings. The van der Waals surface area contributed by atoms with E-state index in [1.54, 1.807) is 42.6 Å². The van der Waals surface area contributed by atoms with Crippen molar-refractivity contribution in [1.29, 1.82) is 0 Å². The first-order valence-corrected chi connectivity index (χ1v) is 12.6. The van der Waals surface area contributed by atoms with Crippen LogP contribution < -0.4 is 15.6 Å². The SMILES string of the molecule is CCCCc1nc2ccc(Br)cc2c(=O)n1N=Cc1ccc(OCC(=O)Nc2ccccc2)c(Cl)c1. The molecule has 3 aromatic carbocycles. The van der Waals surface area contributed by atoms with Crippen LogP contribution in [0.3, 0.4) is 0 Å². The Labute approximate surface area is 221 Å². The number of fused-ring (bicyclic) bond motifs is 1. The van der Waals surface area contributed by atoms with E-state index in [-0.39, 0.29) is 18.1 Å². The van der Waals surface area contributed by atoms with E-state index in [2.05, 4.69) is 38.3 Å². The van der Waals surface area contributed by atoms with E-state index in [1.807, 2.05) is 30.3 Å². The lowest BCUT2D eigenvalue weighted by atomic mass is 10.2. The monoisotopic (exact) mass is 566 g/mol. The molecule has 0 aliphatic heterocycles. The van der Waals surface area contributed by atoms with Crippen molar-refractivity contribution in [2.24, 2.45) is 5.10 Å². The second-order valence-electron chi connectivity index (χ2n) is 8.05. The Morgan fingerprint density at radius 2 is 1.97 bits per heavy atom. The Morgan fingerprint density at radius 3 is 2.72 bits per heavy atom. The third kappa shape index (κ3) is 6.38. The maximum Gasteiger partial charge on any atom is 0.282 e. The summed E-state index contributed by atoms with van der Waals surface area (Å²) in [5.74, 6) is 0.677. The van der Waals surface area contributed by atoms with E-state index in [1.165, 1.54) is 4.68 Å². The predicted molar refractivity (Wildman–Crippen MR) is 147 cm³/mol. The number of rotatable bonds is 9. The average molecular weight is 568 g/mol. The molecule has 0 unspecified atom stereocenters. The summed E-state index contributed by atoms with van der Waals surface area (Å²) < 4.78 is 7.71. The van der Waals surface area contributed by atoms with Crippen LogP contribution in [-0.2, 0) is 11.2 Å². The first-order chi connectivity index (χ1) is 17.4. The van der Waals surface area contributed by atoms with Gasteiger partial charge in [0, 0.05) is 16.6 Å². The number of ether oxygens (including phenoxy) is 1. The summed E-state index contributed by atoms with van der Waals surface area (Å²) in [6.07, 6.45) is 4.05. The molecule has 7 nitrogen and oxygen atoms in total. The van der Waals surface area contributed by atoms with Crippen molar-refractivity contribution < 1.29 is 9.53 Å². The summed E-state index contributed by atoms with van der Waals surface area (Å²) in [5, 5.41) is 8.00. The molecule has 184 valence electrons. The van der Waals surface area contributed by atoms with Crippen LogP contribution in [0.1, 0.15) is 31.2 Å². The average Bonchev–Trinajstić information content (AvgIpc) is 2.87. The van der Waals surface area contributed by atoms with Crippen LogP contribution in [0.5, 0.6) is 5.75 Å². The number of aromatic nitrogens is 2. The van der Waals surface area contributed by atoms with E-state index in [0.29, 0.717) is 45.2 Å². The molecule has 9 heteroatoms. The van der Waals surface area contributed by atoms with E-state index < -0.39 is 0 Å². The molecular weight excluding hydrogens is 544 g/mol. The van der Waals surface area contributed by atoms with E-state index >= 15 is 0 Å². The summed E-state index contributed by atoms with van der Waals surface area (Å²) in [4.78, 5) is 30.0. The number of carbonyl (C=O) groups is 1. The third-order valence-corrected chi connectivity index (χ3v) is 6.11. The molecule has 1 aromatic heterocycles. The first-order valence-electron chi connectivity index (χ1n) is 11.5. The van der Waals surface area contributed by atoms with Gasteiger partial charge in [-0.25, -0.2) is 4.98 Å². The largest absolute Gasteiger partial charge is 0.482 e. The lowest BCUT2D eigenvalue weighted by Gasteiger charge is -2.10. The highest BCUT2D eigenvalue weighted by Crippen LogP contribution is 2.25. The Bertz CT molecular complexity index is 1470. The third-order valence-electron chi connectivity index (χ3n) is 5.32. The highest BCUT2D eigenvalue weighted by atomic mass is 79.9. The zero-order valence-corrected chi connectivity index (χ0v) is 21.9. The maximum atomic E-state index is 13.2. The summed E-state index contributed by atoms with van der Waals surface area (Å²) in [6, 6.07) is 19.6. The van der Waals surface area contributed by atoms with Gasteiger partial charge in [-0.15, -0.1) is 0 Å². The normalized spacial score (nSPS) is 11.2. The van der Waals surface area contributed by atoms with Gasteiger partial charge in [-0.3, -0.25) is 9.59 Å². The van der Waals surface area contributed by atoms with Gasteiger partial charge in [0.25, 0.3) is 11.5 Å². The molecule has 1 N–H and O–H groups in total. The van der Waals surface area contributed by atoms with Crippen molar-refractivity contribution in [3.8, 4) is 5.75 Å². The molecule has 1 amide bonds. The first kappa shape index (κ1) is 25.6. The molecule has 0 radical (unpaired) electrons. The fourth-order valence-corrected chi connectivity index (χ4v) is 4.12. The molecule has 36 heavy (non-hydrogen) atoms. The highest BCUT2D eigenvalue weighted by Gasteiger charge is 2.11. The van der Waals surface area contributed by atoms with E-state index in [4.69, 9.17) is 16.3 Å². The van der Waals surface area contributed by atoms with Gasteiger partial charge in [0.15, 0.2) is 6.61 Å². The van der Waals surface area contributed by atoms with Crippen LogP contribution in [0.4, 0.5) is 5.69 Å². The molecule has 0 saturated heterocycles. The minimum Gasteiger partial charge on any atom is -0.482 e. The molecule has 4 aromatic rings. The van der Waals surface area contributed by atoms with Gasteiger partial charge in [0.2, 0.25) is 0 Å². The van der Waals surface area contributed by atoms with Crippen LogP contribution in [0.15, 0.2) is 81.1 Å². The molecule has 0 saturated carbocycles. The van der Waals surface area contributed by atoms with Crippen LogP contribution in [-0.4, -0.2) is 28.4 Å². The van der Waals surface area contributed by atoms with Crippen LogP contribution in [0, 0.1) is 0 Å². The number of carbonyl (C=O) groups excluding carboxylic acids is 1. The summed E-state index contributed by atoms with van der Waals surface area (Å²) in [7, 11) is 0. The Balaban J connectivity index is 1.52. The number of nitrogens with zero attached hydrogens (tertiary/aromatic N) is 3. The molecule has 0 spiro atoms. The molecule has 0 bridgehead atoms. The van der Waals surface area contributed by atoms with Crippen molar-refractivity contribution in [3.05, 3.63) is 98.0 Å². The van der Waals surface area contributed by atoms with Crippen molar-refractivity contribution in [2.45, 2.75) is 26.2 Å². The van der Waals surface area contributed by atoms with Crippen LogP contribution in [0.2, 0.25) is 5.02 Å². The predicted octanol–water partition coefficient (Wildman–Crippen LogP) is 6.05. The maximum absolute atomic E-state index is 13.2. The number of halogens is 2. The molecule has 0 atom stereocenters. The van der Waals surface area contributed by atoms with Crippen molar-refractivity contribution in [2.75, 3.05) is 11.9 Å². The van der Waals surface area contributed by atoms with Gasteiger partial charge in [-0.05, 0) is 60.5 Å². The summed E-state index contributed by atoms with van der Waals surface area (Å²) in [6.45, 7) is 1.90. The summed E-state index contributed by atoms with van der Waals surface area (Å²) in [5.41, 5.74) is 1.76. The number of amides is 1.